The average molecular weight is 445 g/mol. The first-order valence-corrected chi connectivity index (χ1v) is 12.5. The molecule has 166 valence electrons. The molecule has 8 heteroatoms. The lowest BCUT2D eigenvalue weighted by atomic mass is 9.79. The fourth-order valence-corrected chi connectivity index (χ4v) is 6.48. The van der Waals surface area contributed by atoms with Gasteiger partial charge in [-0.15, -0.1) is 0 Å². The van der Waals surface area contributed by atoms with Gasteiger partial charge in [0.15, 0.2) is 0 Å². The lowest BCUT2D eigenvalue weighted by molar-refractivity contribution is 0.0203. The van der Waals surface area contributed by atoms with Gasteiger partial charge in [-0.05, 0) is 80.0 Å². The molecule has 3 aliphatic carbocycles. The third-order valence-electron chi connectivity index (χ3n) is 6.85. The van der Waals surface area contributed by atoms with Gasteiger partial charge in [-0.25, -0.2) is 9.52 Å². The molecule has 2 amide bonds. The summed E-state index contributed by atoms with van der Waals surface area (Å²) >= 11 is 0. The first kappa shape index (κ1) is 20.6. The molecule has 0 spiro atoms. The van der Waals surface area contributed by atoms with Crippen LogP contribution in [-0.2, 0) is 47.7 Å². The van der Waals surface area contributed by atoms with E-state index >= 15 is 0 Å². The van der Waals surface area contributed by atoms with E-state index in [4.69, 9.17) is 4.42 Å². The first-order chi connectivity index (χ1) is 14.6. The second-order valence-electron chi connectivity index (χ2n) is 9.48. The maximum absolute atomic E-state index is 12.9. The van der Waals surface area contributed by atoms with Gasteiger partial charge < -0.3 is 14.8 Å². The number of sulfonamides is 1. The van der Waals surface area contributed by atoms with Crippen LogP contribution in [0.2, 0.25) is 0 Å². The number of hydrogen-bond donors (Lipinski definition) is 3. The van der Waals surface area contributed by atoms with Crippen molar-refractivity contribution in [2.75, 3.05) is 5.32 Å². The molecule has 3 N–H and O–H groups in total. The van der Waals surface area contributed by atoms with Crippen molar-refractivity contribution < 1.29 is 22.7 Å². The van der Waals surface area contributed by atoms with Gasteiger partial charge in [0.1, 0.15) is 5.76 Å². The standard InChI is InChI=1S/C23H28N2O5S/c1-13-9-19-18(23(2,27)12-13)11-20(30-19)31(28,29)25-22(26)24-21-16-7-3-5-14(16)10-15-6-4-8-17(15)21/h10-11,13,27H,3-9,12H2,1-2H3,(H2,24,25,26). The normalized spacial score (nSPS) is 24.4. The fourth-order valence-electron chi connectivity index (χ4n) is 5.60. The number of aliphatic hydroxyl groups is 1. The summed E-state index contributed by atoms with van der Waals surface area (Å²) in [5.74, 6) is 0.631. The summed E-state index contributed by atoms with van der Waals surface area (Å²) in [4.78, 5) is 12.7. The Labute approximate surface area is 182 Å². The van der Waals surface area contributed by atoms with Gasteiger partial charge in [-0.3, -0.25) is 0 Å². The average Bonchev–Trinajstić information content (AvgIpc) is 3.38. The van der Waals surface area contributed by atoms with E-state index in [9.17, 15) is 18.3 Å². The maximum atomic E-state index is 12.9. The second-order valence-corrected chi connectivity index (χ2v) is 11.1. The molecule has 1 aromatic carbocycles. The zero-order chi connectivity index (χ0) is 22.0. The highest BCUT2D eigenvalue weighted by Gasteiger charge is 2.38. The number of urea groups is 1. The molecule has 31 heavy (non-hydrogen) atoms. The van der Waals surface area contributed by atoms with Gasteiger partial charge in [0, 0.05) is 23.7 Å². The van der Waals surface area contributed by atoms with E-state index in [1.807, 2.05) is 6.92 Å². The Morgan fingerprint density at radius 2 is 1.77 bits per heavy atom. The number of carbonyl (C=O) groups is 1. The number of benzene rings is 1. The molecule has 5 rings (SSSR count). The van der Waals surface area contributed by atoms with Crippen LogP contribution in [0, 0.1) is 5.92 Å². The van der Waals surface area contributed by atoms with Crippen molar-refractivity contribution in [3.63, 3.8) is 0 Å². The molecule has 1 aromatic heterocycles. The smallest absolute Gasteiger partial charge is 0.333 e. The molecule has 0 aliphatic heterocycles. The highest BCUT2D eigenvalue weighted by molar-refractivity contribution is 7.89. The summed E-state index contributed by atoms with van der Waals surface area (Å²) < 4.78 is 33.4. The molecule has 2 unspecified atom stereocenters. The summed E-state index contributed by atoms with van der Waals surface area (Å²) in [7, 11) is -4.21. The summed E-state index contributed by atoms with van der Waals surface area (Å²) in [6, 6.07) is 2.81. The Balaban J connectivity index is 1.40. The van der Waals surface area contributed by atoms with Gasteiger partial charge in [-0.2, -0.15) is 8.42 Å². The van der Waals surface area contributed by atoms with Crippen LogP contribution >= 0.6 is 0 Å². The molecule has 3 aliphatic rings. The third-order valence-corrected chi connectivity index (χ3v) is 8.03. The van der Waals surface area contributed by atoms with Gasteiger partial charge in [-0.1, -0.05) is 13.0 Å². The van der Waals surface area contributed by atoms with Crippen LogP contribution in [-0.4, -0.2) is 19.6 Å². The van der Waals surface area contributed by atoms with E-state index in [-0.39, 0.29) is 11.0 Å². The number of nitrogens with one attached hydrogen (secondary N) is 2. The van der Waals surface area contributed by atoms with Crippen molar-refractivity contribution in [2.45, 2.75) is 75.9 Å². The molecular formula is C23H28N2O5S. The van der Waals surface area contributed by atoms with E-state index in [2.05, 4.69) is 16.1 Å². The number of anilines is 1. The van der Waals surface area contributed by atoms with Gasteiger partial charge in [0.2, 0.25) is 5.09 Å². The third kappa shape index (κ3) is 3.55. The number of rotatable bonds is 3. The van der Waals surface area contributed by atoms with E-state index < -0.39 is 21.7 Å². The quantitative estimate of drug-likeness (QED) is 0.671. The molecular weight excluding hydrogens is 416 g/mol. The van der Waals surface area contributed by atoms with Crippen LogP contribution in [0.5, 0.6) is 0 Å². The molecule has 7 nitrogen and oxygen atoms in total. The fraction of sp³-hybridized carbons (Fsp3) is 0.522. The van der Waals surface area contributed by atoms with E-state index in [0.29, 0.717) is 24.2 Å². The number of hydrogen-bond acceptors (Lipinski definition) is 5. The van der Waals surface area contributed by atoms with Crippen LogP contribution in [0.1, 0.15) is 66.7 Å². The van der Waals surface area contributed by atoms with E-state index in [1.165, 1.54) is 17.2 Å². The SMILES string of the molecule is CC1Cc2oc(S(=O)(=O)NC(=O)Nc3c4c(cc5c3CCC5)CCC4)cc2C(C)(O)C1. The molecule has 0 radical (unpaired) electrons. The molecule has 0 fully saturated rings. The Kier molecular flexibility index (Phi) is 4.71. The minimum absolute atomic E-state index is 0.169. The topological polar surface area (TPSA) is 109 Å². The lowest BCUT2D eigenvalue weighted by Crippen LogP contribution is -2.34. The molecule has 2 aromatic rings. The lowest BCUT2D eigenvalue weighted by Gasteiger charge is -2.31. The zero-order valence-corrected chi connectivity index (χ0v) is 18.7. The van der Waals surface area contributed by atoms with Gasteiger partial charge in [0.05, 0.1) is 5.60 Å². The van der Waals surface area contributed by atoms with Crippen molar-refractivity contribution in [3.8, 4) is 0 Å². The summed E-state index contributed by atoms with van der Waals surface area (Å²) in [6.07, 6.45) is 6.94. The highest BCUT2D eigenvalue weighted by atomic mass is 32.2. The van der Waals surface area contributed by atoms with Crippen molar-refractivity contribution >= 4 is 21.7 Å². The van der Waals surface area contributed by atoms with Gasteiger partial charge >= 0.3 is 6.03 Å². The monoisotopic (exact) mass is 444 g/mol. The van der Waals surface area contributed by atoms with E-state index in [1.54, 1.807) is 6.92 Å². The van der Waals surface area contributed by atoms with Crippen LogP contribution in [0.15, 0.2) is 21.6 Å². The van der Waals surface area contributed by atoms with Crippen molar-refractivity contribution in [3.05, 3.63) is 45.7 Å². The summed E-state index contributed by atoms with van der Waals surface area (Å²) in [6.45, 7) is 3.64. The highest BCUT2D eigenvalue weighted by Crippen LogP contribution is 2.41. The largest absolute Gasteiger partial charge is 0.447 e. The predicted molar refractivity (Wildman–Crippen MR) is 116 cm³/mol. The summed E-state index contributed by atoms with van der Waals surface area (Å²) in [5, 5.41) is 13.2. The van der Waals surface area contributed by atoms with Crippen LogP contribution < -0.4 is 10.0 Å². The minimum atomic E-state index is -4.21. The number of furan rings is 1. The number of carbonyl (C=O) groups excluding carboxylic acids is 1. The van der Waals surface area contributed by atoms with Crippen LogP contribution in [0.3, 0.4) is 0 Å². The maximum Gasteiger partial charge on any atom is 0.333 e. The molecule has 0 saturated carbocycles. The van der Waals surface area contributed by atoms with Crippen molar-refractivity contribution in [2.24, 2.45) is 5.92 Å². The molecule has 1 heterocycles. The second kappa shape index (κ2) is 7.10. The Morgan fingerprint density at radius 3 is 2.42 bits per heavy atom. The predicted octanol–water partition coefficient (Wildman–Crippen LogP) is 3.56. The summed E-state index contributed by atoms with van der Waals surface area (Å²) in [5.41, 5.74) is 4.88. The van der Waals surface area contributed by atoms with E-state index in [0.717, 1.165) is 55.3 Å². The number of aryl methyl sites for hydroxylation is 2. The van der Waals surface area contributed by atoms with Gasteiger partial charge in [0.25, 0.3) is 10.0 Å². The number of amides is 2. The molecule has 2 atom stereocenters. The van der Waals surface area contributed by atoms with Crippen LogP contribution in [0.4, 0.5) is 10.5 Å². The Hall–Kier alpha value is -2.32. The Bertz CT molecular complexity index is 1150. The van der Waals surface area contributed by atoms with Crippen LogP contribution in [0.25, 0.3) is 0 Å². The minimum Gasteiger partial charge on any atom is -0.447 e. The first-order valence-electron chi connectivity index (χ1n) is 11.0. The van der Waals surface area contributed by atoms with Crippen molar-refractivity contribution in [1.29, 1.82) is 0 Å². The molecule has 0 bridgehead atoms. The Morgan fingerprint density at radius 1 is 1.13 bits per heavy atom. The zero-order valence-electron chi connectivity index (χ0n) is 17.9. The van der Waals surface area contributed by atoms with Crippen molar-refractivity contribution in [1.82, 2.24) is 4.72 Å². The molecule has 0 saturated heterocycles. The number of fused-ring (bicyclic) bond motifs is 3.